The second-order valence-corrected chi connectivity index (χ2v) is 9.92. The molecular formula is C29H30N4O5. The van der Waals surface area contributed by atoms with Crippen molar-refractivity contribution in [3.63, 3.8) is 0 Å². The molecule has 0 radical (unpaired) electrons. The summed E-state index contributed by atoms with van der Waals surface area (Å²) in [5.74, 6) is -2.44. The van der Waals surface area contributed by atoms with Crippen molar-refractivity contribution >= 4 is 45.5 Å². The van der Waals surface area contributed by atoms with Crippen LogP contribution < -0.4 is 5.73 Å². The van der Waals surface area contributed by atoms with Gasteiger partial charge < -0.3 is 15.2 Å². The molecule has 1 unspecified atom stereocenters. The summed E-state index contributed by atoms with van der Waals surface area (Å²) < 4.78 is 12.2. The molecule has 2 N–H and O–H groups in total. The van der Waals surface area contributed by atoms with Gasteiger partial charge in [0.15, 0.2) is 0 Å². The van der Waals surface area contributed by atoms with E-state index in [-0.39, 0.29) is 30.2 Å². The second-order valence-electron chi connectivity index (χ2n) is 9.92. The van der Waals surface area contributed by atoms with Crippen molar-refractivity contribution in [1.29, 1.82) is 0 Å². The summed E-state index contributed by atoms with van der Waals surface area (Å²) in [6, 6.07) is 12.6. The maximum absolute atomic E-state index is 13.5. The molecule has 0 aliphatic heterocycles. The van der Waals surface area contributed by atoms with Crippen molar-refractivity contribution in [2.24, 2.45) is 0 Å². The molecule has 2 aromatic carbocycles. The van der Waals surface area contributed by atoms with E-state index in [2.05, 4.69) is 16.5 Å². The summed E-state index contributed by atoms with van der Waals surface area (Å²) in [6.07, 6.45) is 3.41. The van der Waals surface area contributed by atoms with Crippen LogP contribution in [0.15, 0.2) is 67.0 Å². The molecule has 0 fully saturated rings. The Morgan fingerprint density at radius 2 is 1.71 bits per heavy atom. The van der Waals surface area contributed by atoms with E-state index in [1.54, 1.807) is 58.3 Å². The normalized spacial score (nSPS) is 12.3. The fraction of sp³-hybridized carbons (Fsp3) is 0.276. The van der Waals surface area contributed by atoms with Crippen LogP contribution in [0.3, 0.4) is 0 Å². The average molecular weight is 515 g/mol. The van der Waals surface area contributed by atoms with Gasteiger partial charge in [-0.25, -0.2) is 14.8 Å². The standard InChI is InChI=1S/C29H30N4O5/c1-6-37-27(36)21(13-17(2)26(35)38-29(3,4)5)18-11-12-23-22(14-18)24(32-28(30)31-23)25(34)33-15-19-9-7-8-10-20(19)16-33/h7-12,14-16,21H,2,6,13H2,1,3-5H3,(H2,30,31,32). The van der Waals surface area contributed by atoms with Crippen LogP contribution in [0.5, 0.6) is 0 Å². The molecule has 4 rings (SSSR count). The van der Waals surface area contributed by atoms with Gasteiger partial charge in [-0.3, -0.25) is 14.2 Å². The van der Waals surface area contributed by atoms with Crippen molar-refractivity contribution in [3.05, 3.63) is 78.3 Å². The van der Waals surface area contributed by atoms with Gasteiger partial charge in [0, 0.05) is 23.4 Å². The van der Waals surface area contributed by atoms with Gasteiger partial charge >= 0.3 is 11.9 Å². The number of carbonyl (C=O) groups is 3. The van der Waals surface area contributed by atoms with Crippen LogP contribution in [0.25, 0.3) is 21.7 Å². The first-order valence-electron chi connectivity index (χ1n) is 12.2. The third-order valence-corrected chi connectivity index (χ3v) is 5.84. The lowest BCUT2D eigenvalue weighted by molar-refractivity contribution is -0.150. The number of esters is 2. The van der Waals surface area contributed by atoms with Crippen molar-refractivity contribution < 1.29 is 23.9 Å². The summed E-state index contributed by atoms with van der Waals surface area (Å²) in [6.45, 7) is 11.0. The van der Waals surface area contributed by atoms with Crippen molar-refractivity contribution in [1.82, 2.24) is 14.5 Å². The van der Waals surface area contributed by atoms with E-state index in [4.69, 9.17) is 15.2 Å². The number of nitrogen functional groups attached to an aromatic ring is 1. The van der Waals surface area contributed by atoms with Crippen LogP contribution in [0.1, 0.15) is 56.1 Å². The number of anilines is 1. The van der Waals surface area contributed by atoms with E-state index in [0.29, 0.717) is 16.5 Å². The zero-order chi connectivity index (χ0) is 27.6. The molecule has 38 heavy (non-hydrogen) atoms. The van der Waals surface area contributed by atoms with Crippen LogP contribution in [-0.2, 0) is 19.1 Å². The lowest BCUT2D eigenvalue weighted by atomic mass is 9.91. The first kappa shape index (κ1) is 26.5. The summed E-state index contributed by atoms with van der Waals surface area (Å²) in [4.78, 5) is 47.6. The van der Waals surface area contributed by atoms with E-state index >= 15 is 0 Å². The van der Waals surface area contributed by atoms with Crippen LogP contribution in [0.2, 0.25) is 0 Å². The summed E-state index contributed by atoms with van der Waals surface area (Å²) >= 11 is 0. The quantitative estimate of drug-likeness (QED) is 0.276. The Morgan fingerprint density at radius 1 is 1.05 bits per heavy atom. The first-order valence-corrected chi connectivity index (χ1v) is 12.2. The Hall–Kier alpha value is -4.53. The molecule has 0 amide bonds. The molecule has 9 heteroatoms. The smallest absolute Gasteiger partial charge is 0.333 e. The Balaban J connectivity index is 1.76. The molecule has 0 aliphatic carbocycles. The van der Waals surface area contributed by atoms with Crippen LogP contribution in [0.4, 0.5) is 5.95 Å². The fourth-order valence-electron chi connectivity index (χ4n) is 4.13. The number of nitrogens with two attached hydrogens (primary N) is 1. The molecule has 1 atom stereocenters. The van der Waals surface area contributed by atoms with Crippen molar-refractivity contribution in [2.45, 2.75) is 45.6 Å². The zero-order valence-corrected chi connectivity index (χ0v) is 21.9. The van der Waals surface area contributed by atoms with Crippen molar-refractivity contribution in [3.8, 4) is 0 Å². The molecule has 2 heterocycles. The molecule has 0 bridgehead atoms. The maximum Gasteiger partial charge on any atom is 0.333 e. The highest BCUT2D eigenvalue weighted by Crippen LogP contribution is 2.30. The van der Waals surface area contributed by atoms with E-state index in [0.717, 1.165) is 10.8 Å². The zero-order valence-electron chi connectivity index (χ0n) is 21.9. The molecule has 0 aliphatic rings. The van der Waals surface area contributed by atoms with Gasteiger partial charge in [0.25, 0.3) is 5.91 Å². The Kier molecular flexibility index (Phi) is 7.30. The molecule has 0 spiro atoms. The van der Waals surface area contributed by atoms with E-state index in [9.17, 15) is 14.4 Å². The van der Waals surface area contributed by atoms with Crippen LogP contribution >= 0.6 is 0 Å². The molecule has 0 saturated heterocycles. The second kappa shape index (κ2) is 10.5. The number of nitrogens with zero attached hydrogens (tertiary/aromatic N) is 3. The van der Waals surface area contributed by atoms with E-state index < -0.39 is 29.4 Å². The number of carbonyl (C=O) groups excluding carboxylic acids is 3. The lowest BCUT2D eigenvalue weighted by Crippen LogP contribution is -2.26. The Bertz CT molecular complexity index is 1530. The maximum atomic E-state index is 13.5. The summed E-state index contributed by atoms with van der Waals surface area (Å²) in [7, 11) is 0. The highest BCUT2D eigenvalue weighted by atomic mass is 16.6. The predicted octanol–water partition coefficient (Wildman–Crippen LogP) is 4.79. The minimum atomic E-state index is -0.867. The van der Waals surface area contributed by atoms with Gasteiger partial charge in [-0.1, -0.05) is 36.9 Å². The fourth-order valence-corrected chi connectivity index (χ4v) is 4.13. The third kappa shape index (κ3) is 5.72. The van der Waals surface area contributed by atoms with Gasteiger partial charge in [-0.15, -0.1) is 0 Å². The molecular weight excluding hydrogens is 484 g/mol. The number of fused-ring (bicyclic) bond motifs is 2. The molecule has 4 aromatic rings. The number of rotatable bonds is 7. The average Bonchev–Trinajstić information content (AvgIpc) is 3.29. The highest BCUT2D eigenvalue weighted by molar-refractivity contribution is 6.07. The topological polar surface area (TPSA) is 126 Å². The SMILES string of the molecule is C=C(CC(C(=O)OCC)c1ccc2nc(N)nc(C(=O)n3cc4ccccc4c3)c2c1)C(=O)OC(C)(C)C. The molecule has 196 valence electrons. The molecule has 2 aromatic heterocycles. The van der Waals surface area contributed by atoms with Gasteiger partial charge in [0.1, 0.15) is 11.3 Å². The Morgan fingerprint density at radius 3 is 2.32 bits per heavy atom. The number of ether oxygens (including phenoxy) is 2. The summed E-state index contributed by atoms with van der Waals surface area (Å²) in [5, 5.41) is 2.21. The van der Waals surface area contributed by atoms with Gasteiger partial charge in [0.2, 0.25) is 5.95 Å². The predicted molar refractivity (Wildman–Crippen MR) is 145 cm³/mol. The minimum Gasteiger partial charge on any atom is -0.466 e. The molecule has 0 saturated carbocycles. The lowest BCUT2D eigenvalue weighted by Gasteiger charge is -2.22. The number of benzene rings is 2. The largest absolute Gasteiger partial charge is 0.466 e. The number of aromatic nitrogens is 3. The van der Waals surface area contributed by atoms with Crippen LogP contribution in [0, 0.1) is 0 Å². The van der Waals surface area contributed by atoms with E-state index in [1.165, 1.54) is 4.57 Å². The minimum absolute atomic E-state index is 0.0264. The van der Waals surface area contributed by atoms with E-state index in [1.807, 2.05) is 24.3 Å². The number of hydrogen-bond donors (Lipinski definition) is 1. The third-order valence-electron chi connectivity index (χ3n) is 5.84. The first-order chi connectivity index (χ1) is 18.0. The van der Waals surface area contributed by atoms with Gasteiger partial charge in [-0.2, -0.15) is 0 Å². The summed E-state index contributed by atoms with van der Waals surface area (Å²) in [5.41, 5.74) is 6.39. The monoisotopic (exact) mass is 514 g/mol. The van der Waals surface area contributed by atoms with Gasteiger partial charge in [-0.05, 0) is 62.6 Å². The number of hydrogen-bond acceptors (Lipinski definition) is 8. The van der Waals surface area contributed by atoms with Gasteiger partial charge in [0.05, 0.1) is 18.0 Å². The van der Waals surface area contributed by atoms with Crippen LogP contribution in [-0.4, -0.2) is 44.6 Å². The van der Waals surface area contributed by atoms with Crippen molar-refractivity contribution in [2.75, 3.05) is 12.3 Å². The molecule has 9 nitrogen and oxygen atoms in total. The Labute approximate surface area is 220 Å². The highest BCUT2D eigenvalue weighted by Gasteiger charge is 2.28.